The fourth-order valence-corrected chi connectivity index (χ4v) is 5.59. The van der Waals surface area contributed by atoms with Gasteiger partial charge in [-0.3, -0.25) is 14.4 Å². The van der Waals surface area contributed by atoms with Crippen molar-refractivity contribution < 1.29 is 37.4 Å². The topological polar surface area (TPSA) is 122 Å². The second-order valence-corrected chi connectivity index (χ2v) is 9.77. The van der Waals surface area contributed by atoms with Crippen LogP contribution in [0.2, 0.25) is 0 Å². The van der Waals surface area contributed by atoms with Gasteiger partial charge >= 0.3 is 0 Å². The lowest BCUT2D eigenvalue weighted by Crippen LogP contribution is -2.54. The zero-order valence-corrected chi connectivity index (χ0v) is 20.8. The van der Waals surface area contributed by atoms with E-state index in [-0.39, 0.29) is 24.2 Å². The normalized spacial score (nSPS) is 25.9. The SMILES string of the molecule is COC1=NO[C@@]2(CC[C@H](C)N3C[C@H]2n2cc(C(=O)NCc4c(F)cc(F)cc4F)c(=O)c(O)c2C3=O)C1C. The second kappa shape index (κ2) is 9.07. The van der Waals surface area contributed by atoms with E-state index in [4.69, 9.17) is 9.57 Å². The number of nitrogens with one attached hydrogen (secondary N) is 1. The molecule has 202 valence electrons. The molecule has 13 heteroatoms. The maximum Gasteiger partial charge on any atom is 0.274 e. The number of halogens is 3. The highest BCUT2D eigenvalue weighted by Crippen LogP contribution is 2.48. The fourth-order valence-electron chi connectivity index (χ4n) is 5.59. The van der Waals surface area contributed by atoms with Crippen molar-refractivity contribution >= 4 is 17.7 Å². The van der Waals surface area contributed by atoms with Gasteiger partial charge in [0.2, 0.25) is 11.3 Å². The van der Waals surface area contributed by atoms with E-state index >= 15 is 0 Å². The standard InChI is InChI=1S/C25H25F3N4O6/c1-11-4-5-25(12(2)23(37-3)30-38-25)18-10-31(11)24(36)19-21(34)20(33)15(9-32(18)19)22(35)29-8-14-16(27)6-13(26)7-17(14)28/h6-7,9,11-12,18,34H,4-5,8,10H2,1-3H3,(H,29,35)/t11-,12?,18+,25-/m0/s1. The molecule has 2 N–H and O–H groups in total. The van der Waals surface area contributed by atoms with Crippen LogP contribution >= 0.6 is 0 Å². The van der Waals surface area contributed by atoms with Crippen molar-refractivity contribution in [1.29, 1.82) is 0 Å². The van der Waals surface area contributed by atoms with Gasteiger partial charge in [-0.15, -0.1) is 0 Å². The Hall–Kier alpha value is -4.03. The van der Waals surface area contributed by atoms with Crippen LogP contribution in [0.15, 0.2) is 28.3 Å². The monoisotopic (exact) mass is 534 g/mol. The van der Waals surface area contributed by atoms with Crippen LogP contribution in [0, 0.1) is 23.4 Å². The molecule has 0 radical (unpaired) electrons. The van der Waals surface area contributed by atoms with Crippen LogP contribution in [0.1, 0.15) is 59.1 Å². The molecule has 1 unspecified atom stereocenters. The number of nitrogens with zero attached hydrogens (tertiary/aromatic N) is 3. The maximum absolute atomic E-state index is 14.0. The smallest absolute Gasteiger partial charge is 0.274 e. The summed E-state index contributed by atoms with van der Waals surface area (Å²) >= 11 is 0. The van der Waals surface area contributed by atoms with Gasteiger partial charge in [-0.2, -0.15) is 0 Å². The Bertz CT molecular complexity index is 1420. The highest BCUT2D eigenvalue weighted by atomic mass is 19.1. The van der Waals surface area contributed by atoms with Crippen LogP contribution in [0.3, 0.4) is 0 Å². The molecule has 10 nitrogen and oxygen atoms in total. The summed E-state index contributed by atoms with van der Waals surface area (Å²) in [6, 6.07) is 0.0235. The Labute approximate surface area is 214 Å². The van der Waals surface area contributed by atoms with E-state index in [0.717, 1.165) is 6.20 Å². The molecule has 2 aromatic rings. The molecule has 4 atom stereocenters. The van der Waals surface area contributed by atoms with Crippen LogP contribution in [-0.2, 0) is 16.1 Å². The van der Waals surface area contributed by atoms with Crippen LogP contribution in [0.4, 0.5) is 13.2 Å². The molecular formula is C25H25F3N4O6. The van der Waals surface area contributed by atoms with Gasteiger partial charge in [-0.1, -0.05) is 5.16 Å². The van der Waals surface area contributed by atoms with Crippen molar-refractivity contribution in [3.05, 3.63) is 62.8 Å². The first-order valence-electron chi connectivity index (χ1n) is 12.0. The van der Waals surface area contributed by atoms with Gasteiger partial charge in [0, 0.05) is 43.0 Å². The summed E-state index contributed by atoms with van der Waals surface area (Å²) in [7, 11) is 1.46. The third kappa shape index (κ3) is 3.71. The zero-order chi connectivity index (χ0) is 27.5. The van der Waals surface area contributed by atoms with E-state index in [0.29, 0.717) is 30.9 Å². The van der Waals surface area contributed by atoms with Crippen molar-refractivity contribution in [3.8, 4) is 5.75 Å². The Kier molecular flexibility index (Phi) is 6.11. The van der Waals surface area contributed by atoms with Gasteiger partial charge in [0.15, 0.2) is 17.0 Å². The quantitative estimate of drug-likeness (QED) is 0.624. The number of hydrogen-bond acceptors (Lipinski definition) is 7. The van der Waals surface area contributed by atoms with Crippen LogP contribution < -0.4 is 10.7 Å². The highest BCUT2D eigenvalue weighted by molar-refractivity contribution is 5.99. The van der Waals surface area contributed by atoms with Gasteiger partial charge in [-0.05, 0) is 26.7 Å². The van der Waals surface area contributed by atoms with E-state index in [9.17, 15) is 32.7 Å². The first-order valence-corrected chi connectivity index (χ1v) is 12.0. The number of benzene rings is 1. The molecule has 1 aromatic heterocycles. The van der Waals surface area contributed by atoms with Gasteiger partial charge in [0.1, 0.15) is 23.0 Å². The molecule has 1 spiro atoms. The summed E-state index contributed by atoms with van der Waals surface area (Å²) < 4.78 is 48.0. The zero-order valence-electron chi connectivity index (χ0n) is 20.8. The number of carbonyl (C=O) groups is 2. The number of carbonyl (C=O) groups excluding carboxylic acids is 2. The Morgan fingerprint density at radius 1 is 1.26 bits per heavy atom. The number of ether oxygens (including phenoxy) is 1. The number of rotatable bonds is 3. The minimum absolute atomic E-state index is 0.152. The number of fused-ring (bicyclic) bond motifs is 5. The summed E-state index contributed by atoms with van der Waals surface area (Å²) in [6.07, 6.45) is 2.14. The maximum atomic E-state index is 14.0. The van der Waals surface area contributed by atoms with E-state index < -0.39 is 69.8 Å². The summed E-state index contributed by atoms with van der Waals surface area (Å²) in [4.78, 5) is 46.9. The highest BCUT2D eigenvalue weighted by Gasteiger charge is 2.58. The van der Waals surface area contributed by atoms with Crippen molar-refractivity contribution in [2.24, 2.45) is 11.1 Å². The second-order valence-electron chi connectivity index (χ2n) is 9.77. The minimum Gasteiger partial charge on any atom is -0.503 e. The number of aromatic nitrogens is 1. The van der Waals surface area contributed by atoms with Crippen molar-refractivity contribution in [1.82, 2.24) is 14.8 Å². The molecule has 5 rings (SSSR count). The molecule has 3 aliphatic heterocycles. The van der Waals surface area contributed by atoms with Crippen LogP contribution in [-0.4, -0.2) is 57.6 Å². The van der Waals surface area contributed by atoms with E-state index in [2.05, 4.69) is 10.5 Å². The van der Waals surface area contributed by atoms with Gasteiger partial charge in [-0.25, -0.2) is 13.2 Å². The lowest BCUT2D eigenvalue weighted by atomic mass is 9.78. The van der Waals surface area contributed by atoms with Gasteiger partial charge in [0.25, 0.3) is 11.8 Å². The molecule has 1 fully saturated rings. The number of methoxy groups -OCH3 is 1. The first kappa shape index (κ1) is 25.6. The summed E-state index contributed by atoms with van der Waals surface area (Å²) in [6.45, 7) is 3.17. The van der Waals surface area contributed by atoms with Crippen LogP contribution in [0.25, 0.3) is 0 Å². The average molecular weight is 534 g/mol. The van der Waals surface area contributed by atoms with Gasteiger partial charge in [0.05, 0.1) is 19.1 Å². The lowest BCUT2D eigenvalue weighted by molar-refractivity contribution is -0.0866. The van der Waals surface area contributed by atoms with Crippen LogP contribution in [0.5, 0.6) is 5.75 Å². The van der Waals surface area contributed by atoms with Gasteiger partial charge < -0.3 is 29.5 Å². The molecule has 38 heavy (non-hydrogen) atoms. The molecule has 2 amide bonds. The summed E-state index contributed by atoms with van der Waals surface area (Å²) in [5, 5.41) is 17.2. The third-order valence-corrected chi connectivity index (χ3v) is 7.82. The number of hydrogen-bond donors (Lipinski definition) is 2. The lowest BCUT2D eigenvalue weighted by Gasteiger charge is -2.43. The molecular weight excluding hydrogens is 509 g/mol. The molecule has 0 aliphatic carbocycles. The number of amides is 2. The van der Waals surface area contributed by atoms with Crippen molar-refractivity contribution in [3.63, 3.8) is 0 Å². The minimum atomic E-state index is -1.21. The molecule has 1 saturated heterocycles. The van der Waals surface area contributed by atoms with Crippen molar-refractivity contribution in [2.75, 3.05) is 13.7 Å². The molecule has 3 aliphatic rings. The summed E-state index contributed by atoms with van der Waals surface area (Å²) in [5.74, 6) is -6.14. The van der Waals surface area contributed by atoms with Crippen molar-refractivity contribution in [2.45, 2.75) is 50.9 Å². The first-order chi connectivity index (χ1) is 18.0. The molecule has 4 heterocycles. The molecule has 2 bridgehead atoms. The predicted molar refractivity (Wildman–Crippen MR) is 126 cm³/mol. The number of aromatic hydroxyl groups is 1. The Balaban J connectivity index is 1.57. The van der Waals surface area contributed by atoms with E-state index in [1.54, 1.807) is 4.90 Å². The Morgan fingerprint density at radius 2 is 1.95 bits per heavy atom. The third-order valence-electron chi connectivity index (χ3n) is 7.82. The summed E-state index contributed by atoms with van der Waals surface area (Å²) in [5.41, 5.74) is -3.60. The number of pyridine rings is 1. The van der Waals surface area contributed by atoms with E-state index in [1.807, 2.05) is 13.8 Å². The average Bonchev–Trinajstić information content (AvgIpc) is 3.12. The number of oxime groups is 1. The molecule has 1 aromatic carbocycles. The Morgan fingerprint density at radius 3 is 2.58 bits per heavy atom. The molecule has 0 saturated carbocycles. The largest absolute Gasteiger partial charge is 0.503 e. The predicted octanol–water partition coefficient (Wildman–Crippen LogP) is 2.45. The fraction of sp³-hybridized carbons (Fsp3) is 0.440. The van der Waals surface area contributed by atoms with E-state index in [1.165, 1.54) is 11.7 Å².